The molecule has 9 heteroatoms. The lowest BCUT2D eigenvalue weighted by molar-refractivity contribution is -0.131. The van der Waals surface area contributed by atoms with E-state index in [1.54, 1.807) is 34.6 Å². The SMILES string of the molecule is CC(NC(=O)C(NC(=O)c1ccncn1)C(C)(C)C)C(=O)NC(C=O)C(C)C. The first-order chi connectivity index (χ1) is 13.0. The summed E-state index contributed by atoms with van der Waals surface area (Å²) in [5.74, 6) is -1.58. The molecular formula is C19H29N5O4. The first-order valence-electron chi connectivity index (χ1n) is 9.10. The van der Waals surface area contributed by atoms with Crippen molar-refractivity contribution in [3.05, 3.63) is 24.3 Å². The summed E-state index contributed by atoms with van der Waals surface area (Å²) < 4.78 is 0. The van der Waals surface area contributed by atoms with Crippen molar-refractivity contribution in [2.45, 2.75) is 59.7 Å². The number of aromatic nitrogens is 2. The number of aldehydes is 1. The normalized spacial score (nSPS) is 14.5. The van der Waals surface area contributed by atoms with Crippen LogP contribution in [0, 0.1) is 11.3 Å². The fourth-order valence-electron chi connectivity index (χ4n) is 2.31. The summed E-state index contributed by atoms with van der Waals surface area (Å²) in [5.41, 5.74) is -0.486. The molecule has 3 atom stereocenters. The summed E-state index contributed by atoms with van der Waals surface area (Å²) in [6.45, 7) is 10.5. The van der Waals surface area contributed by atoms with Gasteiger partial charge in [0, 0.05) is 6.20 Å². The van der Waals surface area contributed by atoms with Gasteiger partial charge >= 0.3 is 0 Å². The molecule has 9 nitrogen and oxygen atoms in total. The molecule has 0 saturated carbocycles. The van der Waals surface area contributed by atoms with Gasteiger partial charge in [0.15, 0.2) is 0 Å². The molecule has 3 N–H and O–H groups in total. The van der Waals surface area contributed by atoms with Crippen molar-refractivity contribution >= 4 is 24.0 Å². The summed E-state index contributed by atoms with van der Waals surface area (Å²) in [4.78, 5) is 56.1. The van der Waals surface area contributed by atoms with Crippen molar-refractivity contribution in [1.29, 1.82) is 0 Å². The lowest BCUT2D eigenvalue weighted by Crippen LogP contribution is -2.58. The van der Waals surface area contributed by atoms with E-state index in [4.69, 9.17) is 0 Å². The van der Waals surface area contributed by atoms with Gasteiger partial charge < -0.3 is 20.7 Å². The average Bonchev–Trinajstić information content (AvgIpc) is 2.62. The number of hydrogen-bond acceptors (Lipinski definition) is 6. The van der Waals surface area contributed by atoms with E-state index in [2.05, 4.69) is 25.9 Å². The second-order valence-electron chi connectivity index (χ2n) is 8.01. The number of rotatable bonds is 8. The Hall–Kier alpha value is -2.84. The van der Waals surface area contributed by atoms with Crippen molar-refractivity contribution in [2.24, 2.45) is 11.3 Å². The number of nitrogens with one attached hydrogen (secondary N) is 3. The minimum atomic E-state index is -0.905. The zero-order valence-corrected chi connectivity index (χ0v) is 17.1. The number of carbonyl (C=O) groups excluding carboxylic acids is 4. The molecule has 0 saturated heterocycles. The second kappa shape index (κ2) is 9.91. The topological polar surface area (TPSA) is 130 Å². The Bertz CT molecular complexity index is 700. The largest absolute Gasteiger partial charge is 0.345 e. The Morgan fingerprint density at radius 1 is 1.04 bits per heavy atom. The summed E-state index contributed by atoms with van der Waals surface area (Å²) >= 11 is 0. The summed E-state index contributed by atoms with van der Waals surface area (Å²) in [6.07, 6.45) is 3.33. The predicted octanol–water partition coefficient (Wildman–Crippen LogP) is 0.465. The number of nitrogens with zero attached hydrogens (tertiary/aromatic N) is 2. The van der Waals surface area contributed by atoms with Gasteiger partial charge in [-0.2, -0.15) is 0 Å². The smallest absolute Gasteiger partial charge is 0.270 e. The first kappa shape index (κ1) is 23.2. The Balaban J connectivity index is 2.83. The van der Waals surface area contributed by atoms with Gasteiger partial charge in [-0.15, -0.1) is 0 Å². The zero-order chi connectivity index (χ0) is 21.5. The lowest BCUT2D eigenvalue weighted by Gasteiger charge is -2.31. The maximum absolute atomic E-state index is 12.8. The molecule has 0 bridgehead atoms. The predicted molar refractivity (Wildman–Crippen MR) is 103 cm³/mol. The molecule has 0 spiro atoms. The van der Waals surface area contributed by atoms with Crippen LogP contribution >= 0.6 is 0 Å². The molecule has 0 aliphatic rings. The van der Waals surface area contributed by atoms with Crippen LogP contribution in [0.5, 0.6) is 0 Å². The summed E-state index contributed by atoms with van der Waals surface area (Å²) in [5, 5.41) is 7.85. The Labute approximate surface area is 165 Å². The molecule has 154 valence electrons. The average molecular weight is 391 g/mol. The molecule has 0 aliphatic carbocycles. The standard InChI is InChI=1S/C19H29N5O4/c1-11(2)14(9-25)23-16(26)12(3)22-18(28)15(19(4,5)6)24-17(27)13-7-8-20-10-21-13/h7-12,14-15H,1-6H3,(H,22,28)(H,23,26)(H,24,27). The number of hydrogen-bond donors (Lipinski definition) is 3. The van der Waals surface area contributed by atoms with Crippen LogP contribution in [0.3, 0.4) is 0 Å². The third kappa shape index (κ3) is 6.71. The van der Waals surface area contributed by atoms with Crippen LogP contribution in [-0.4, -0.2) is 52.1 Å². The van der Waals surface area contributed by atoms with E-state index in [-0.39, 0.29) is 11.6 Å². The minimum Gasteiger partial charge on any atom is -0.345 e. The van der Waals surface area contributed by atoms with Crippen molar-refractivity contribution < 1.29 is 19.2 Å². The molecule has 1 aromatic heterocycles. The van der Waals surface area contributed by atoms with E-state index in [9.17, 15) is 19.2 Å². The third-order valence-corrected chi connectivity index (χ3v) is 4.14. The van der Waals surface area contributed by atoms with E-state index >= 15 is 0 Å². The van der Waals surface area contributed by atoms with Crippen LogP contribution in [0.15, 0.2) is 18.6 Å². The minimum absolute atomic E-state index is 0.0705. The van der Waals surface area contributed by atoms with Crippen molar-refractivity contribution in [1.82, 2.24) is 25.9 Å². The molecule has 3 unspecified atom stereocenters. The van der Waals surface area contributed by atoms with Gasteiger partial charge in [0.25, 0.3) is 5.91 Å². The van der Waals surface area contributed by atoms with Gasteiger partial charge in [-0.3, -0.25) is 14.4 Å². The van der Waals surface area contributed by atoms with E-state index < -0.39 is 41.3 Å². The molecule has 0 aliphatic heterocycles. The van der Waals surface area contributed by atoms with Gasteiger partial charge in [-0.1, -0.05) is 34.6 Å². The van der Waals surface area contributed by atoms with E-state index in [0.717, 1.165) is 0 Å². The Kier molecular flexibility index (Phi) is 8.21. The van der Waals surface area contributed by atoms with Gasteiger partial charge in [-0.25, -0.2) is 9.97 Å². The van der Waals surface area contributed by atoms with Gasteiger partial charge in [0.2, 0.25) is 11.8 Å². The summed E-state index contributed by atoms with van der Waals surface area (Å²) in [7, 11) is 0. The summed E-state index contributed by atoms with van der Waals surface area (Å²) in [6, 6.07) is -0.983. The van der Waals surface area contributed by atoms with Gasteiger partial charge in [0.05, 0.1) is 6.04 Å². The van der Waals surface area contributed by atoms with Crippen molar-refractivity contribution in [2.75, 3.05) is 0 Å². The zero-order valence-electron chi connectivity index (χ0n) is 17.1. The van der Waals surface area contributed by atoms with Crippen LogP contribution in [-0.2, 0) is 14.4 Å². The molecule has 0 fully saturated rings. The molecule has 0 radical (unpaired) electrons. The van der Waals surface area contributed by atoms with Crippen LogP contribution in [0.25, 0.3) is 0 Å². The first-order valence-corrected chi connectivity index (χ1v) is 9.10. The second-order valence-corrected chi connectivity index (χ2v) is 8.01. The quantitative estimate of drug-likeness (QED) is 0.552. The number of carbonyl (C=O) groups is 4. The molecule has 1 aromatic rings. The van der Waals surface area contributed by atoms with E-state index in [1.807, 2.05) is 0 Å². The third-order valence-electron chi connectivity index (χ3n) is 4.14. The lowest BCUT2D eigenvalue weighted by atomic mass is 9.85. The molecule has 1 rings (SSSR count). The van der Waals surface area contributed by atoms with E-state index in [0.29, 0.717) is 6.29 Å². The van der Waals surface area contributed by atoms with Crippen molar-refractivity contribution in [3.63, 3.8) is 0 Å². The maximum Gasteiger partial charge on any atom is 0.270 e. The molecule has 0 aromatic carbocycles. The molecular weight excluding hydrogens is 362 g/mol. The van der Waals surface area contributed by atoms with Gasteiger partial charge in [-0.05, 0) is 24.3 Å². The number of amides is 3. The van der Waals surface area contributed by atoms with E-state index in [1.165, 1.54) is 25.5 Å². The highest BCUT2D eigenvalue weighted by Crippen LogP contribution is 2.20. The van der Waals surface area contributed by atoms with Crippen LogP contribution < -0.4 is 16.0 Å². The van der Waals surface area contributed by atoms with Crippen LogP contribution in [0.1, 0.15) is 52.0 Å². The highest BCUT2D eigenvalue weighted by molar-refractivity contribution is 5.97. The van der Waals surface area contributed by atoms with Crippen LogP contribution in [0.4, 0.5) is 0 Å². The fourth-order valence-corrected chi connectivity index (χ4v) is 2.31. The fraction of sp³-hybridized carbons (Fsp3) is 0.579. The Morgan fingerprint density at radius 3 is 2.14 bits per heavy atom. The van der Waals surface area contributed by atoms with Crippen LogP contribution in [0.2, 0.25) is 0 Å². The molecule has 28 heavy (non-hydrogen) atoms. The van der Waals surface area contributed by atoms with Gasteiger partial charge in [0.1, 0.15) is 30.4 Å². The maximum atomic E-state index is 12.8. The van der Waals surface area contributed by atoms with Crippen molar-refractivity contribution in [3.8, 4) is 0 Å². The monoisotopic (exact) mass is 391 g/mol. The molecule has 3 amide bonds. The highest BCUT2D eigenvalue weighted by atomic mass is 16.2. The highest BCUT2D eigenvalue weighted by Gasteiger charge is 2.34. The Morgan fingerprint density at radius 2 is 1.68 bits per heavy atom. The molecule has 1 heterocycles.